The number of thiazole rings is 1. The number of carboxylic acid groups (broad SMARTS) is 1. The Balaban J connectivity index is 2.10. The van der Waals surface area contributed by atoms with Crippen LogP contribution in [-0.2, 0) is 6.54 Å². The van der Waals surface area contributed by atoms with E-state index in [1.165, 1.54) is 22.4 Å². The summed E-state index contributed by atoms with van der Waals surface area (Å²) in [4.78, 5) is 14.7. The molecule has 0 amide bonds. The number of nitrogens with zero attached hydrogens (tertiary/aromatic N) is 1. The highest BCUT2D eigenvalue weighted by Gasteiger charge is 2.12. The molecule has 88 valence electrons. The van der Waals surface area contributed by atoms with E-state index >= 15 is 0 Å². The van der Waals surface area contributed by atoms with Crippen LogP contribution in [0.15, 0.2) is 29.8 Å². The third-order valence-corrected chi connectivity index (χ3v) is 3.25. The van der Waals surface area contributed by atoms with Crippen molar-refractivity contribution in [1.82, 2.24) is 4.98 Å². The fraction of sp³-hybridized carbons (Fsp3) is 0.167. The molecule has 0 spiro atoms. The molecule has 0 saturated carbocycles. The molecule has 0 aliphatic heterocycles. The van der Waals surface area contributed by atoms with Gasteiger partial charge in [0.15, 0.2) is 5.69 Å². The lowest BCUT2D eigenvalue weighted by molar-refractivity contribution is 0.0692. The monoisotopic (exact) mass is 248 g/mol. The van der Waals surface area contributed by atoms with E-state index < -0.39 is 5.97 Å². The smallest absolute Gasteiger partial charge is 0.357 e. The predicted molar refractivity (Wildman–Crippen MR) is 67.6 cm³/mol. The van der Waals surface area contributed by atoms with Crippen molar-refractivity contribution in [1.29, 1.82) is 0 Å². The van der Waals surface area contributed by atoms with Gasteiger partial charge in [-0.3, -0.25) is 0 Å². The molecular weight excluding hydrogens is 236 g/mol. The Bertz CT molecular complexity index is 537. The summed E-state index contributed by atoms with van der Waals surface area (Å²) in [5.74, 6) is -1.00. The molecule has 0 saturated heterocycles. The van der Waals surface area contributed by atoms with Gasteiger partial charge in [-0.15, -0.1) is 11.3 Å². The van der Waals surface area contributed by atoms with Crippen molar-refractivity contribution in [2.75, 3.05) is 5.32 Å². The molecule has 0 radical (unpaired) electrons. The summed E-state index contributed by atoms with van der Waals surface area (Å²) in [5, 5.41) is 12.6. The Morgan fingerprint density at radius 2 is 2.24 bits per heavy atom. The van der Waals surface area contributed by atoms with Crippen LogP contribution < -0.4 is 5.32 Å². The first-order valence-corrected chi connectivity index (χ1v) is 6.01. The maximum absolute atomic E-state index is 10.9. The number of benzene rings is 1. The Labute approximate surface area is 103 Å². The van der Waals surface area contributed by atoms with Crippen LogP contribution in [0.1, 0.15) is 21.6 Å². The van der Waals surface area contributed by atoms with Crippen LogP contribution in [0.5, 0.6) is 0 Å². The van der Waals surface area contributed by atoms with E-state index in [0.717, 1.165) is 5.56 Å². The van der Waals surface area contributed by atoms with E-state index in [0.29, 0.717) is 11.5 Å². The van der Waals surface area contributed by atoms with Crippen LogP contribution in [0.25, 0.3) is 0 Å². The molecule has 4 nitrogen and oxygen atoms in total. The minimum absolute atomic E-state index is 0.0867. The molecule has 2 N–H and O–H groups in total. The topological polar surface area (TPSA) is 62.2 Å². The van der Waals surface area contributed by atoms with Gasteiger partial charge in [0, 0.05) is 6.54 Å². The molecule has 2 rings (SSSR count). The summed E-state index contributed by atoms with van der Waals surface area (Å²) >= 11 is 1.30. The zero-order valence-corrected chi connectivity index (χ0v) is 10.1. The van der Waals surface area contributed by atoms with Crippen molar-refractivity contribution in [2.45, 2.75) is 13.5 Å². The number of rotatable bonds is 4. The van der Waals surface area contributed by atoms with E-state index in [1.807, 2.05) is 31.2 Å². The number of carbonyl (C=O) groups is 1. The summed E-state index contributed by atoms with van der Waals surface area (Å²) in [5.41, 5.74) is 3.95. The average molecular weight is 248 g/mol. The number of carboxylic acids is 1. The third-order valence-electron chi connectivity index (χ3n) is 2.47. The van der Waals surface area contributed by atoms with E-state index in [9.17, 15) is 4.79 Å². The van der Waals surface area contributed by atoms with Crippen LogP contribution in [-0.4, -0.2) is 16.1 Å². The summed E-state index contributed by atoms with van der Waals surface area (Å²) in [6.07, 6.45) is 0. The molecule has 1 heterocycles. The second-order valence-electron chi connectivity index (χ2n) is 3.62. The molecule has 1 aromatic heterocycles. The molecule has 17 heavy (non-hydrogen) atoms. The van der Waals surface area contributed by atoms with Gasteiger partial charge in [0.2, 0.25) is 0 Å². The van der Waals surface area contributed by atoms with E-state index in [-0.39, 0.29) is 5.69 Å². The third kappa shape index (κ3) is 2.62. The molecular formula is C12H12N2O2S. The van der Waals surface area contributed by atoms with Crippen molar-refractivity contribution in [3.63, 3.8) is 0 Å². The summed E-state index contributed by atoms with van der Waals surface area (Å²) in [6.45, 7) is 2.64. The van der Waals surface area contributed by atoms with Crippen molar-refractivity contribution >= 4 is 22.3 Å². The van der Waals surface area contributed by atoms with E-state index in [2.05, 4.69) is 10.3 Å². The van der Waals surface area contributed by atoms with Gasteiger partial charge in [0.25, 0.3) is 0 Å². The normalized spacial score (nSPS) is 10.2. The minimum Gasteiger partial charge on any atom is -0.476 e. The lowest BCUT2D eigenvalue weighted by Gasteiger charge is -2.07. The quantitative estimate of drug-likeness (QED) is 0.873. The molecule has 0 unspecified atom stereocenters. The Morgan fingerprint density at radius 1 is 1.47 bits per heavy atom. The summed E-state index contributed by atoms with van der Waals surface area (Å²) < 4.78 is 0. The zero-order valence-electron chi connectivity index (χ0n) is 9.30. The van der Waals surface area contributed by atoms with Crippen molar-refractivity contribution in [3.05, 3.63) is 46.6 Å². The lowest BCUT2D eigenvalue weighted by Crippen LogP contribution is -2.05. The van der Waals surface area contributed by atoms with Crippen LogP contribution >= 0.6 is 11.3 Å². The van der Waals surface area contributed by atoms with Crippen molar-refractivity contribution in [3.8, 4) is 0 Å². The Kier molecular flexibility index (Phi) is 3.39. The van der Waals surface area contributed by atoms with E-state index in [1.54, 1.807) is 0 Å². The number of hydrogen-bond donors (Lipinski definition) is 2. The van der Waals surface area contributed by atoms with Gasteiger partial charge >= 0.3 is 5.97 Å². The number of aromatic nitrogens is 1. The lowest BCUT2D eigenvalue weighted by atomic mass is 10.1. The van der Waals surface area contributed by atoms with Crippen LogP contribution in [0.2, 0.25) is 0 Å². The molecule has 0 fully saturated rings. The van der Waals surface area contributed by atoms with Gasteiger partial charge in [0.1, 0.15) is 5.00 Å². The molecule has 0 aliphatic carbocycles. The van der Waals surface area contributed by atoms with Crippen molar-refractivity contribution < 1.29 is 9.90 Å². The Morgan fingerprint density at radius 3 is 2.94 bits per heavy atom. The predicted octanol–water partition coefficient (Wildman–Crippen LogP) is 2.76. The number of anilines is 1. The molecule has 5 heteroatoms. The van der Waals surface area contributed by atoms with Gasteiger partial charge in [-0.2, -0.15) is 0 Å². The second kappa shape index (κ2) is 4.97. The molecule has 0 atom stereocenters. The highest BCUT2D eigenvalue weighted by molar-refractivity contribution is 7.14. The maximum atomic E-state index is 10.9. The van der Waals surface area contributed by atoms with Crippen LogP contribution in [0.4, 0.5) is 5.00 Å². The molecule has 1 aromatic carbocycles. The fourth-order valence-electron chi connectivity index (χ4n) is 1.51. The van der Waals surface area contributed by atoms with E-state index in [4.69, 9.17) is 5.11 Å². The first-order valence-electron chi connectivity index (χ1n) is 5.13. The van der Waals surface area contributed by atoms with Crippen LogP contribution in [0.3, 0.4) is 0 Å². The first-order chi connectivity index (χ1) is 8.18. The second-order valence-corrected chi connectivity index (χ2v) is 4.47. The number of nitrogens with one attached hydrogen (secondary N) is 1. The standard InChI is InChI=1S/C12H12N2O2S/c1-8-4-2-3-5-9(8)6-13-11-10(12(15)16)14-7-17-11/h2-5,7,13H,6H2,1H3,(H,15,16). The van der Waals surface area contributed by atoms with Crippen LogP contribution in [0, 0.1) is 6.92 Å². The Hall–Kier alpha value is -1.88. The fourth-order valence-corrected chi connectivity index (χ4v) is 2.18. The first kappa shape index (κ1) is 11.6. The van der Waals surface area contributed by atoms with Gasteiger partial charge in [-0.1, -0.05) is 24.3 Å². The molecule has 0 aliphatic rings. The average Bonchev–Trinajstić information content (AvgIpc) is 2.76. The summed E-state index contributed by atoms with van der Waals surface area (Å²) in [7, 11) is 0. The van der Waals surface area contributed by atoms with Gasteiger partial charge < -0.3 is 10.4 Å². The highest BCUT2D eigenvalue weighted by atomic mass is 32.1. The SMILES string of the molecule is Cc1ccccc1CNc1scnc1C(=O)O. The maximum Gasteiger partial charge on any atom is 0.357 e. The number of aryl methyl sites for hydroxylation is 1. The zero-order chi connectivity index (χ0) is 12.3. The van der Waals surface area contributed by atoms with Crippen molar-refractivity contribution in [2.24, 2.45) is 0 Å². The number of hydrogen-bond acceptors (Lipinski definition) is 4. The molecule has 0 bridgehead atoms. The summed E-state index contributed by atoms with van der Waals surface area (Å²) in [6, 6.07) is 7.99. The minimum atomic E-state index is -1.00. The van der Waals surface area contributed by atoms with Gasteiger partial charge in [-0.05, 0) is 18.1 Å². The molecule has 2 aromatic rings. The largest absolute Gasteiger partial charge is 0.476 e. The van der Waals surface area contributed by atoms with Gasteiger partial charge in [-0.25, -0.2) is 9.78 Å². The number of aromatic carboxylic acids is 1. The highest BCUT2D eigenvalue weighted by Crippen LogP contribution is 2.21. The van der Waals surface area contributed by atoms with Gasteiger partial charge in [0.05, 0.1) is 5.51 Å².